The number of phenolic OH excluding ortho intramolecular Hbond substituents is 1. The molecule has 1 nitrogen and oxygen atoms in total. The standard InChI is InChI=1S/2C8H8.C6H6O/c2*1-2-8-6-4-3-5-7-8;7-6-4-2-1-3-5-6/h2*2-7H,1H2;1-5,7H. The molecule has 0 aliphatic carbocycles. The van der Waals surface area contributed by atoms with Crippen molar-refractivity contribution in [3.8, 4) is 5.75 Å². The van der Waals surface area contributed by atoms with Gasteiger partial charge in [-0.3, -0.25) is 0 Å². The normalized spacial score (nSPS) is 8.52. The fourth-order valence-electron chi connectivity index (χ4n) is 1.61. The Morgan fingerprint density at radius 1 is 0.522 bits per heavy atom. The third-order valence-corrected chi connectivity index (χ3v) is 2.83. The van der Waals surface area contributed by atoms with Gasteiger partial charge < -0.3 is 5.11 Å². The minimum Gasteiger partial charge on any atom is -0.508 e. The Bertz CT molecular complexity index is 615. The number of hydrogen-bond donors (Lipinski definition) is 1. The van der Waals surface area contributed by atoms with Gasteiger partial charge in [0.1, 0.15) is 5.75 Å². The Kier molecular flexibility index (Phi) is 9.06. The molecule has 0 spiro atoms. The molecule has 3 rings (SSSR count). The molecule has 0 saturated carbocycles. The quantitative estimate of drug-likeness (QED) is 0.611. The molecular formula is C22H22O. The summed E-state index contributed by atoms with van der Waals surface area (Å²) in [7, 11) is 0. The number of phenols is 1. The summed E-state index contributed by atoms with van der Waals surface area (Å²) >= 11 is 0. The van der Waals surface area contributed by atoms with E-state index in [9.17, 15) is 0 Å². The number of rotatable bonds is 2. The number of benzene rings is 3. The lowest BCUT2D eigenvalue weighted by Gasteiger charge is -1.85. The van der Waals surface area contributed by atoms with Crippen molar-refractivity contribution in [1.29, 1.82) is 0 Å². The molecule has 0 aromatic heterocycles. The first-order chi connectivity index (χ1) is 11.3. The van der Waals surface area contributed by atoms with Gasteiger partial charge in [0.25, 0.3) is 0 Å². The van der Waals surface area contributed by atoms with Crippen molar-refractivity contribution in [1.82, 2.24) is 0 Å². The van der Waals surface area contributed by atoms with Crippen molar-refractivity contribution in [2.45, 2.75) is 0 Å². The summed E-state index contributed by atoms with van der Waals surface area (Å²) < 4.78 is 0. The van der Waals surface area contributed by atoms with Crippen molar-refractivity contribution in [3.05, 3.63) is 115 Å². The molecule has 0 fully saturated rings. The van der Waals surface area contributed by atoms with Crippen LogP contribution in [0.15, 0.2) is 104 Å². The summed E-state index contributed by atoms with van der Waals surface area (Å²) in [5.74, 6) is 0.322. The van der Waals surface area contributed by atoms with Gasteiger partial charge in [-0.15, -0.1) is 0 Å². The van der Waals surface area contributed by atoms with E-state index in [4.69, 9.17) is 5.11 Å². The molecule has 0 bridgehead atoms. The van der Waals surface area contributed by atoms with Gasteiger partial charge in [0.2, 0.25) is 0 Å². The molecule has 0 unspecified atom stereocenters. The highest BCUT2D eigenvalue weighted by molar-refractivity contribution is 5.46. The second-order valence-electron chi connectivity index (χ2n) is 4.57. The van der Waals surface area contributed by atoms with Gasteiger partial charge in [0.05, 0.1) is 0 Å². The molecule has 0 heterocycles. The van der Waals surface area contributed by atoms with Crippen molar-refractivity contribution in [2.75, 3.05) is 0 Å². The lowest BCUT2D eigenvalue weighted by molar-refractivity contribution is 0.475. The Morgan fingerprint density at radius 2 is 0.826 bits per heavy atom. The van der Waals surface area contributed by atoms with Crippen LogP contribution in [0, 0.1) is 0 Å². The Morgan fingerprint density at radius 3 is 1.00 bits per heavy atom. The van der Waals surface area contributed by atoms with Crippen LogP contribution in [-0.4, -0.2) is 5.11 Å². The highest BCUT2D eigenvalue weighted by Gasteiger charge is 1.76. The van der Waals surface area contributed by atoms with Gasteiger partial charge in [-0.25, -0.2) is 0 Å². The van der Waals surface area contributed by atoms with Crippen molar-refractivity contribution < 1.29 is 5.11 Å². The summed E-state index contributed by atoms with van der Waals surface area (Å²) in [4.78, 5) is 0. The van der Waals surface area contributed by atoms with Crippen LogP contribution < -0.4 is 0 Å². The zero-order valence-corrected chi connectivity index (χ0v) is 13.2. The molecule has 1 heteroatoms. The lowest BCUT2D eigenvalue weighted by atomic mass is 10.2. The molecule has 116 valence electrons. The van der Waals surface area contributed by atoms with E-state index in [1.807, 2.05) is 78.9 Å². The molecule has 0 aliphatic rings. The van der Waals surface area contributed by atoms with E-state index >= 15 is 0 Å². The Balaban J connectivity index is 0.000000173. The average Bonchev–Trinajstić information content (AvgIpc) is 2.65. The van der Waals surface area contributed by atoms with E-state index in [-0.39, 0.29) is 0 Å². The van der Waals surface area contributed by atoms with Crippen molar-refractivity contribution >= 4 is 12.2 Å². The van der Waals surface area contributed by atoms with Crippen LogP contribution in [0.5, 0.6) is 5.75 Å². The molecule has 0 aliphatic heterocycles. The van der Waals surface area contributed by atoms with E-state index in [2.05, 4.69) is 13.2 Å². The average molecular weight is 302 g/mol. The van der Waals surface area contributed by atoms with E-state index < -0.39 is 0 Å². The topological polar surface area (TPSA) is 20.2 Å². The van der Waals surface area contributed by atoms with Crippen LogP contribution >= 0.6 is 0 Å². The molecule has 23 heavy (non-hydrogen) atoms. The van der Waals surface area contributed by atoms with Crippen LogP contribution in [-0.2, 0) is 0 Å². The monoisotopic (exact) mass is 302 g/mol. The Hall–Kier alpha value is -3.06. The van der Waals surface area contributed by atoms with Gasteiger partial charge in [0, 0.05) is 0 Å². The molecule has 0 saturated heterocycles. The van der Waals surface area contributed by atoms with Crippen LogP contribution in [0.1, 0.15) is 11.1 Å². The highest BCUT2D eigenvalue weighted by atomic mass is 16.3. The van der Waals surface area contributed by atoms with Gasteiger partial charge in [0.15, 0.2) is 0 Å². The smallest absolute Gasteiger partial charge is 0.115 e. The van der Waals surface area contributed by atoms with Gasteiger partial charge in [-0.1, -0.05) is 104 Å². The van der Waals surface area contributed by atoms with E-state index in [0.29, 0.717) is 5.75 Å². The second-order valence-corrected chi connectivity index (χ2v) is 4.57. The largest absolute Gasteiger partial charge is 0.508 e. The van der Waals surface area contributed by atoms with E-state index in [0.717, 1.165) is 0 Å². The molecular weight excluding hydrogens is 280 g/mol. The minimum atomic E-state index is 0.322. The number of para-hydroxylation sites is 1. The van der Waals surface area contributed by atoms with Gasteiger partial charge >= 0.3 is 0 Å². The number of aromatic hydroxyl groups is 1. The summed E-state index contributed by atoms with van der Waals surface area (Å²) in [5, 5.41) is 8.63. The zero-order valence-electron chi connectivity index (χ0n) is 13.2. The maximum absolute atomic E-state index is 8.63. The molecule has 1 N–H and O–H groups in total. The summed E-state index contributed by atoms with van der Waals surface area (Å²) in [6, 6.07) is 28.8. The Labute approximate surface area is 138 Å². The predicted molar refractivity (Wildman–Crippen MR) is 101 cm³/mol. The molecule has 0 radical (unpaired) electrons. The first-order valence-electron chi connectivity index (χ1n) is 7.35. The van der Waals surface area contributed by atoms with E-state index in [1.165, 1.54) is 11.1 Å². The van der Waals surface area contributed by atoms with Crippen LogP contribution in [0.2, 0.25) is 0 Å². The lowest BCUT2D eigenvalue weighted by Crippen LogP contribution is -1.63. The van der Waals surface area contributed by atoms with Crippen LogP contribution in [0.25, 0.3) is 12.2 Å². The fourth-order valence-corrected chi connectivity index (χ4v) is 1.61. The summed E-state index contributed by atoms with van der Waals surface area (Å²) in [6.07, 6.45) is 3.67. The van der Waals surface area contributed by atoms with Crippen LogP contribution in [0.3, 0.4) is 0 Å². The van der Waals surface area contributed by atoms with E-state index in [1.54, 1.807) is 24.3 Å². The summed E-state index contributed by atoms with van der Waals surface area (Å²) in [5.41, 5.74) is 2.35. The highest BCUT2D eigenvalue weighted by Crippen LogP contribution is 2.02. The molecule has 3 aromatic rings. The first kappa shape index (κ1) is 18.0. The minimum absolute atomic E-state index is 0.322. The molecule has 0 atom stereocenters. The molecule has 0 amide bonds. The third-order valence-electron chi connectivity index (χ3n) is 2.83. The summed E-state index contributed by atoms with van der Waals surface area (Å²) in [6.45, 7) is 7.26. The van der Waals surface area contributed by atoms with Crippen LogP contribution in [0.4, 0.5) is 0 Å². The molecule has 3 aromatic carbocycles. The maximum atomic E-state index is 8.63. The van der Waals surface area contributed by atoms with Crippen molar-refractivity contribution in [3.63, 3.8) is 0 Å². The third kappa shape index (κ3) is 8.74. The first-order valence-corrected chi connectivity index (χ1v) is 7.35. The SMILES string of the molecule is C=Cc1ccccc1.C=Cc1ccccc1.Oc1ccccc1. The van der Waals surface area contributed by atoms with Crippen molar-refractivity contribution in [2.24, 2.45) is 0 Å². The van der Waals surface area contributed by atoms with Gasteiger partial charge in [-0.05, 0) is 23.3 Å². The second kappa shape index (κ2) is 11.6. The maximum Gasteiger partial charge on any atom is 0.115 e. The zero-order chi connectivity index (χ0) is 16.8. The number of hydrogen-bond acceptors (Lipinski definition) is 1. The fraction of sp³-hybridized carbons (Fsp3) is 0. The predicted octanol–water partition coefficient (Wildman–Crippen LogP) is 6.05. The van der Waals surface area contributed by atoms with Gasteiger partial charge in [-0.2, -0.15) is 0 Å².